The van der Waals surface area contributed by atoms with Gasteiger partial charge in [0, 0.05) is 18.3 Å². The van der Waals surface area contributed by atoms with Gasteiger partial charge in [-0.3, -0.25) is 0 Å². The third-order valence-electron chi connectivity index (χ3n) is 3.32. The molecule has 3 heteroatoms. The van der Waals surface area contributed by atoms with E-state index in [4.69, 9.17) is 0 Å². The third-order valence-corrected chi connectivity index (χ3v) is 3.50. The van der Waals surface area contributed by atoms with Gasteiger partial charge in [-0.05, 0) is 61.0 Å². The van der Waals surface area contributed by atoms with Gasteiger partial charge >= 0.3 is 0 Å². The van der Waals surface area contributed by atoms with E-state index in [1.807, 2.05) is 6.92 Å². The van der Waals surface area contributed by atoms with E-state index >= 15 is 0 Å². The molecule has 0 saturated heterocycles. The van der Waals surface area contributed by atoms with Gasteiger partial charge in [0.25, 0.3) is 0 Å². The minimum Gasteiger partial charge on any atom is -0.332 e. The Hall–Kier alpha value is -0.830. The molecular formula is C14H19BrN2. The molecule has 1 aliphatic carbocycles. The first kappa shape index (κ1) is 12.6. The van der Waals surface area contributed by atoms with Gasteiger partial charge in [0.15, 0.2) is 0 Å². The number of fused-ring (bicyclic) bond motifs is 1. The SMILES string of the molecule is C/C=C\c1c2c(n(C)c1/N=C(\C)Br)CCCC2. The summed E-state index contributed by atoms with van der Waals surface area (Å²) in [7, 11) is 2.13. The molecule has 0 fully saturated rings. The van der Waals surface area contributed by atoms with Crippen LogP contribution in [0.25, 0.3) is 6.08 Å². The fourth-order valence-corrected chi connectivity index (χ4v) is 2.78. The van der Waals surface area contributed by atoms with Crippen LogP contribution in [0.15, 0.2) is 11.1 Å². The maximum Gasteiger partial charge on any atom is 0.141 e. The van der Waals surface area contributed by atoms with E-state index in [-0.39, 0.29) is 0 Å². The van der Waals surface area contributed by atoms with Crippen LogP contribution in [-0.2, 0) is 19.9 Å². The lowest BCUT2D eigenvalue weighted by Crippen LogP contribution is -2.05. The zero-order chi connectivity index (χ0) is 12.4. The lowest BCUT2D eigenvalue weighted by Gasteiger charge is -2.13. The number of hydrogen-bond acceptors (Lipinski definition) is 1. The molecule has 0 atom stereocenters. The number of hydrogen-bond donors (Lipinski definition) is 0. The lowest BCUT2D eigenvalue weighted by atomic mass is 9.94. The molecule has 0 saturated carbocycles. The van der Waals surface area contributed by atoms with Crippen molar-refractivity contribution >= 4 is 32.4 Å². The predicted octanol–water partition coefficient (Wildman–Crippen LogP) is 4.38. The zero-order valence-corrected chi connectivity index (χ0v) is 12.3. The van der Waals surface area contributed by atoms with Gasteiger partial charge in [-0.2, -0.15) is 0 Å². The Morgan fingerprint density at radius 2 is 2.06 bits per heavy atom. The number of halogens is 1. The fraction of sp³-hybridized carbons (Fsp3) is 0.500. The van der Waals surface area contributed by atoms with Crippen LogP contribution in [0.5, 0.6) is 0 Å². The number of nitrogens with zero attached hydrogens (tertiary/aromatic N) is 2. The van der Waals surface area contributed by atoms with Crippen LogP contribution in [0.1, 0.15) is 43.5 Å². The summed E-state index contributed by atoms with van der Waals surface area (Å²) in [5, 5.41) is 0. The average Bonchev–Trinajstić information content (AvgIpc) is 2.55. The Labute approximate surface area is 112 Å². The molecule has 1 aliphatic rings. The maximum absolute atomic E-state index is 4.63. The third kappa shape index (κ3) is 2.39. The number of allylic oxidation sites excluding steroid dienone is 1. The van der Waals surface area contributed by atoms with Gasteiger partial charge in [-0.25, -0.2) is 4.99 Å². The first-order valence-corrected chi connectivity index (χ1v) is 6.98. The summed E-state index contributed by atoms with van der Waals surface area (Å²) in [6, 6.07) is 0. The largest absolute Gasteiger partial charge is 0.332 e. The Morgan fingerprint density at radius 3 is 2.71 bits per heavy atom. The minimum absolute atomic E-state index is 0.932. The molecule has 17 heavy (non-hydrogen) atoms. The molecule has 0 aromatic carbocycles. The quantitative estimate of drug-likeness (QED) is 0.720. The summed E-state index contributed by atoms with van der Waals surface area (Å²) in [5.41, 5.74) is 4.28. The van der Waals surface area contributed by atoms with Gasteiger partial charge in [-0.15, -0.1) is 0 Å². The highest BCUT2D eigenvalue weighted by Crippen LogP contribution is 2.35. The molecule has 2 nitrogen and oxygen atoms in total. The monoisotopic (exact) mass is 294 g/mol. The van der Waals surface area contributed by atoms with E-state index < -0.39 is 0 Å². The molecule has 1 aromatic heterocycles. The van der Waals surface area contributed by atoms with Crippen LogP contribution in [-0.4, -0.2) is 9.19 Å². The molecule has 1 aromatic rings. The standard InChI is InChI=1S/C14H19BrN2/c1-4-7-12-11-8-5-6-9-13(11)17(3)14(12)16-10(2)15/h4,7H,5-6,8-9H2,1-3H3/b7-4-,16-10+. The van der Waals surface area contributed by atoms with Crippen LogP contribution in [0, 0.1) is 0 Å². The summed E-state index contributed by atoms with van der Waals surface area (Å²) in [4.78, 5) is 4.63. The topological polar surface area (TPSA) is 17.3 Å². The van der Waals surface area contributed by atoms with Crippen LogP contribution < -0.4 is 0 Å². The highest BCUT2D eigenvalue weighted by molar-refractivity contribution is 9.18. The van der Waals surface area contributed by atoms with E-state index in [2.05, 4.69) is 51.6 Å². The van der Waals surface area contributed by atoms with Gasteiger partial charge in [-0.1, -0.05) is 12.2 Å². The molecule has 0 N–H and O–H groups in total. The predicted molar refractivity (Wildman–Crippen MR) is 78.5 cm³/mol. The van der Waals surface area contributed by atoms with E-state index in [9.17, 15) is 0 Å². The van der Waals surface area contributed by atoms with Crippen molar-refractivity contribution in [2.24, 2.45) is 12.0 Å². The van der Waals surface area contributed by atoms with Gasteiger partial charge in [0.1, 0.15) is 5.82 Å². The second-order valence-electron chi connectivity index (χ2n) is 4.54. The minimum atomic E-state index is 0.932. The number of aromatic nitrogens is 1. The van der Waals surface area contributed by atoms with E-state index in [0.29, 0.717) is 0 Å². The van der Waals surface area contributed by atoms with Crippen molar-refractivity contribution in [3.63, 3.8) is 0 Å². The molecule has 0 bridgehead atoms. The molecular weight excluding hydrogens is 276 g/mol. The molecule has 2 rings (SSSR count). The van der Waals surface area contributed by atoms with E-state index in [1.54, 1.807) is 0 Å². The lowest BCUT2D eigenvalue weighted by molar-refractivity contribution is 0.649. The highest BCUT2D eigenvalue weighted by Gasteiger charge is 2.21. The molecule has 0 radical (unpaired) electrons. The Kier molecular flexibility index (Phi) is 3.87. The first-order chi connectivity index (χ1) is 8.15. The van der Waals surface area contributed by atoms with Crippen molar-refractivity contribution in [3.8, 4) is 0 Å². The second-order valence-corrected chi connectivity index (χ2v) is 5.69. The molecule has 0 unspecified atom stereocenters. The van der Waals surface area contributed by atoms with Crippen LogP contribution in [0.3, 0.4) is 0 Å². The van der Waals surface area contributed by atoms with Crippen molar-refractivity contribution in [1.82, 2.24) is 4.57 Å². The van der Waals surface area contributed by atoms with Crippen LogP contribution >= 0.6 is 15.9 Å². The van der Waals surface area contributed by atoms with Crippen molar-refractivity contribution < 1.29 is 0 Å². The van der Waals surface area contributed by atoms with Crippen molar-refractivity contribution in [2.45, 2.75) is 39.5 Å². The van der Waals surface area contributed by atoms with Crippen LogP contribution in [0.2, 0.25) is 0 Å². The Bertz CT molecular complexity index is 477. The van der Waals surface area contributed by atoms with Gasteiger partial charge in [0.2, 0.25) is 0 Å². The fourth-order valence-electron chi connectivity index (χ4n) is 2.62. The van der Waals surface area contributed by atoms with Crippen molar-refractivity contribution in [2.75, 3.05) is 0 Å². The zero-order valence-electron chi connectivity index (χ0n) is 10.8. The van der Waals surface area contributed by atoms with Crippen molar-refractivity contribution in [3.05, 3.63) is 22.9 Å². The summed E-state index contributed by atoms with van der Waals surface area (Å²) >= 11 is 3.44. The molecule has 0 aliphatic heterocycles. The van der Waals surface area contributed by atoms with Gasteiger partial charge in [0.05, 0.1) is 4.62 Å². The number of rotatable bonds is 2. The first-order valence-electron chi connectivity index (χ1n) is 6.19. The molecule has 92 valence electrons. The summed E-state index contributed by atoms with van der Waals surface area (Å²) in [5.74, 6) is 1.09. The molecule has 0 amide bonds. The van der Waals surface area contributed by atoms with Crippen LogP contribution in [0.4, 0.5) is 5.82 Å². The van der Waals surface area contributed by atoms with Crippen molar-refractivity contribution in [1.29, 1.82) is 0 Å². The van der Waals surface area contributed by atoms with E-state index in [1.165, 1.54) is 42.5 Å². The number of aliphatic imine (C=N–C) groups is 1. The summed E-state index contributed by atoms with van der Waals surface area (Å²) in [6.07, 6.45) is 9.28. The maximum atomic E-state index is 4.63. The van der Waals surface area contributed by atoms with Gasteiger partial charge < -0.3 is 4.57 Å². The summed E-state index contributed by atoms with van der Waals surface area (Å²) in [6.45, 7) is 4.04. The average molecular weight is 295 g/mol. The normalized spacial score (nSPS) is 16.6. The Balaban J connectivity index is 2.64. The summed E-state index contributed by atoms with van der Waals surface area (Å²) < 4.78 is 3.19. The molecule has 0 spiro atoms. The highest BCUT2D eigenvalue weighted by atomic mass is 79.9. The van der Waals surface area contributed by atoms with E-state index in [0.717, 1.165) is 10.4 Å². The second kappa shape index (κ2) is 5.21. The smallest absolute Gasteiger partial charge is 0.141 e. The Morgan fingerprint density at radius 1 is 1.35 bits per heavy atom. The molecule has 1 heterocycles.